The highest BCUT2D eigenvalue weighted by Crippen LogP contribution is 2.11. The molecule has 2 aromatic rings. The molecule has 22 heavy (non-hydrogen) atoms. The van der Waals surface area contributed by atoms with Crippen molar-refractivity contribution in [3.8, 4) is 11.5 Å². The van der Waals surface area contributed by atoms with E-state index in [1.165, 1.54) is 24.3 Å². The lowest BCUT2D eigenvalue weighted by Crippen LogP contribution is -2.29. The maximum Gasteiger partial charge on any atom is 0.223 e. The highest BCUT2D eigenvalue weighted by atomic mass is 19.1. The van der Waals surface area contributed by atoms with Crippen molar-refractivity contribution in [2.45, 2.75) is 6.42 Å². The van der Waals surface area contributed by atoms with Gasteiger partial charge in [-0.25, -0.2) is 4.39 Å². The summed E-state index contributed by atoms with van der Waals surface area (Å²) in [7, 11) is 0. The van der Waals surface area contributed by atoms with Crippen molar-refractivity contribution in [1.29, 1.82) is 0 Å². The molecule has 2 aromatic carbocycles. The average Bonchev–Trinajstić information content (AvgIpc) is 2.54. The molecule has 0 fully saturated rings. The monoisotopic (exact) mass is 303 g/mol. The van der Waals surface area contributed by atoms with E-state index in [-0.39, 0.29) is 24.8 Å². The van der Waals surface area contributed by atoms with Gasteiger partial charge in [-0.3, -0.25) is 4.79 Å². The lowest BCUT2D eigenvalue weighted by Gasteiger charge is -2.08. The van der Waals surface area contributed by atoms with Crippen molar-refractivity contribution in [2.24, 2.45) is 0 Å². The maximum atomic E-state index is 12.7. The highest BCUT2D eigenvalue weighted by molar-refractivity contribution is 5.75. The minimum absolute atomic E-state index is 0.112. The zero-order chi connectivity index (χ0) is 15.6. The summed E-state index contributed by atoms with van der Waals surface area (Å²) in [4.78, 5) is 11.6. The summed E-state index contributed by atoms with van der Waals surface area (Å²) < 4.78 is 23.5. The SMILES string of the molecule is O=C(CCOc1ccc(F)cc1)NCCOc1ccccc1. The van der Waals surface area contributed by atoms with Crippen LogP contribution in [0, 0.1) is 5.82 Å². The van der Waals surface area contributed by atoms with Crippen LogP contribution in [0.25, 0.3) is 0 Å². The van der Waals surface area contributed by atoms with Crippen LogP contribution < -0.4 is 14.8 Å². The second-order valence-electron chi connectivity index (χ2n) is 4.56. The number of benzene rings is 2. The number of hydrogen-bond acceptors (Lipinski definition) is 3. The molecule has 1 amide bonds. The van der Waals surface area contributed by atoms with E-state index in [9.17, 15) is 9.18 Å². The fourth-order valence-electron chi connectivity index (χ4n) is 1.76. The van der Waals surface area contributed by atoms with E-state index in [0.29, 0.717) is 18.9 Å². The summed E-state index contributed by atoms with van der Waals surface area (Å²) in [6.45, 7) is 1.09. The summed E-state index contributed by atoms with van der Waals surface area (Å²) in [6, 6.07) is 15.1. The molecule has 0 atom stereocenters. The first-order valence-electron chi connectivity index (χ1n) is 7.07. The number of halogens is 1. The molecular weight excluding hydrogens is 285 g/mol. The molecule has 0 spiro atoms. The topological polar surface area (TPSA) is 47.6 Å². The maximum absolute atomic E-state index is 12.7. The van der Waals surface area contributed by atoms with Crippen LogP contribution in [0.15, 0.2) is 54.6 Å². The molecule has 0 saturated heterocycles. The zero-order valence-corrected chi connectivity index (χ0v) is 12.1. The van der Waals surface area contributed by atoms with Crippen LogP contribution in [0.5, 0.6) is 11.5 Å². The fraction of sp³-hybridized carbons (Fsp3) is 0.235. The van der Waals surface area contributed by atoms with Gasteiger partial charge in [0.15, 0.2) is 0 Å². The Morgan fingerprint density at radius 2 is 1.55 bits per heavy atom. The number of carbonyl (C=O) groups is 1. The summed E-state index contributed by atoms with van der Waals surface area (Å²) in [5.74, 6) is 0.889. The third-order valence-electron chi connectivity index (χ3n) is 2.85. The predicted octanol–water partition coefficient (Wildman–Crippen LogP) is 2.79. The minimum Gasteiger partial charge on any atom is -0.493 e. The average molecular weight is 303 g/mol. The summed E-state index contributed by atoms with van der Waals surface area (Å²) in [5.41, 5.74) is 0. The van der Waals surface area contributed by atoms with Crippen molar-refractivity contribution < 1.29 is 18.7 Å². The fourth-order valence-corrected chi connectivity index (χ4v) is 1.76. The predicted molar refractivity (Wildman–Crippen MR) is 81.5 cm³/mol. The van der Waals surface area contributed by atoms with E-state index in [2.05, 4.69) is 5.32 Å². The van der Waals surface area contributed by atoms with Gasteiger partial charge in [-0.1, -0.05) is 18.2 Å². The van der Waals surface area contributed by atoms with E-state index in [1.54, 1.807) is 0 Å². The van der Waals surface area contributed by atoms with Gasteiger partial charge in [0.2, 0.25) is 5.91 Å². The molecule has 0 unspecified atom stereocenters. The molecule has 1 N–H and O–H groups in total. The van der Waals surface area contributed by atoms with Gasteiger partial charge in [0.05, 0.1) is 19.6 Å². The number of hydrogen-bond donors (Lipinski definition) is 1. The summed E-state index contributed by atoms with van der Waals surface area (Å²) >= 11 is 0. The molecule has 0 bridgehead atoms. The van der Waals surface area contributed by atoms with Crippen LogP contribution in [0.4, 0.5) is 4.39 Å². The largest absolute Gasteiger partial charge is 0.493 e. The quantitative estimate of drug-likeness (QED) is 0.763. The molecule has 0 aliphatic carbocycles. The van der Waals surface area contributed by atoms with Crippen LogP contribution >= 0.6 is 0 Å². The summed E-state index contributed by atoms with van der Waals surface area (Å²) in [5, 5.41) is 2.74. The number of para-hydroxylation sites is 1. The molecule has 0 aliphatic heterocycles. The first-order valence-corrected chi connectivity index (χ1v) is 7.07. The van der Waals surface area contributed by atoms with Crippen molar-refractivity contribution in [1.82, 2.24) is 5.32 Å². The minimum atomic E-state index is -0.316. The van der Waals surface area contributed by atoms with Gasteiger partial charge < -0.3 is 14.8 Å². The van der Waals surface area contributed by atoms with Gasteiger partial charge in [-0.2, -0.15) is 0 Å². The molecule has 0 aliphatic rings. The second kappa shape index (κ2) is 8.67. The van der Waals surface area contributed by atoms with Gasteiger partial charge in [-0.05, 0) is 36.4 Å². The highest BCUT2D eigenvalue weighted by Gasteiger charge is 2.02. The van der Waals surface area contributed by atoms with E-state index in [4.69, 9.17) is 9.47 Å². The molecule has 0 aromatic heterocycles. The van der Waals surface area contributed by atoms with Gasteiger partial charge in [0.25, 0.3) is 0 Å². The number of ether oxygens (including phenoxy) is 2. The van der Waals surface area contributed by atoms with Crippen molar-refractivity contribution in [3.05, 3.63) is 60.4 Å². The van der Waals surface area contributed by atoms with E-state index >= 15 is 0 Å². The molecule has 116 valence electrons. The summed E-state index contributed by atoms with van der Waals surface area (Å²) in [6.07, 6.45) is 0.239. The van der Waals surface area contributed by atoms with E-state index < -0.39 is 0 Å². The Morgan fingerprint density at radius 3 is 2.27 bits per heavy atom. The molecule has 0 radical (unpaired) electrons. The Kier molecular flexibility index (Phi) is 6.23. The van der Waals surface area contributed by atoms with Crippen LogP contribution in [0.2, 0.25) is 0 Å². The zero-order valence-electron chi connectivity index (χ0n) is 12.1. The van der Waals surface area contributed by atoms with Crippen molar-refractivity contribution >= 4 is 5.91 Å². The number of amides is 1. The van der Waals surface area contributed by atoms with Gasteiger partial charge in [0, 0.05) is 0 Å². The van der Waals surface area contributed by atoms with Crippen molar-refractivity contribution in [3.63, 3.8) is 0 Å². The van der Waals surface area contributed by atoms with Gasteiger partial charge >= 0.3 is 0 Å². The Bertz CT molecular complexity index is 572. The number of nitrogens with one attached hydrogen (secondary N) is 1. The Labute approximate surface area is 128 Å². The first-order chi connectivity index (χ1) is 10.7. The van der Waals surface area contributed by atoms with Crippen LogP contribution in [0.3, 0.4) is 0 Å². The van der Waals surface area contributed by atoms with E-state index in [0.717, 1.165) is 5.75 Å². The molecule has 2 rings (SSSR count). The molecule has 0 saturated carbocycles. The van der Waals surface area contributed by atoms with Crippen molar-refractivity contribution in [2.75, 3.05) is 19.8 Å². The molecular formula is C17H18FNO3. The lowest BCUT2D eigenvalue weighted by molar-refractivity contribution is -0.121. The number of rotatable bonds is 8. The van der Waals surface area contributed by atoms with Crippen LogP contribution in [-0.4, -0.2) is 25.7 Å². The molecule has 4 nitrogen and oxygen atoms in total. The number of carbonyl (C=O) groups excluding carboxylic acids is 1. The van der Waals surface area contributed by atoms with E-state index in [1.807, 2.05) is 30.3 Å². The first kappa shape index (κ1) is 15.8. The third-order valence-corrected chi connectivity index (χ3v) is 2.85. The standard InChI is InChI=1S/C17H18FNO3/c18-14-6-8-16(9-7-14)21-12-10-17(20)19-11-13-22-15-4-2-1-3-5-15/h1-9H,10-13H2,(H,19,20). The molecule has 5 heteroatoms. The Hall–Kier alpha value is -2.56. The lowest BCUT2D eigenvalue weighted by atomic mass is 10.3. The van der Waals surface area contributed by atoms with Crippen LogP contribution in [0.1, 0.15) is 6.42 Å². The normalized spacial score (nSPS) is 10.0. The van der Waals surface area contributed by atoms with Gasteiger partial charge in [0.1, 0.15) is 23.9 Å². The smallest absolute Gasteiger partial charge is 0.223 e. The second-order valence-corrected chi connectivity index (χ2v) is 4.56. The van der Waals surface area contributed by atoms with Crippen LogP contribution in [-0.2, 0) is 4.79 Å². The Balaban J connectivity index is 1.55. The third kappa shape index (κ3) is 5.83. The Morgan fingerprint density at radius 1 is 0.909 bits per heavy atom. The van der Waals surface area contributed by atoms with Gasteiger partial charge in [-0.15, -0.1) is 0 Å². The molecule has 0 heterocycles.